The predicted molar refractivity (Wildman–Crippen MR) is 90.1 cm³/mol. The topological polar surface area (TPSA) is 89.8 Å². The molecule has 1 amide bonds. The summed E-state index contributed by atoms with van der Waals surface area (Å²) in [4.78, 5) is 12.3. The number of hydrogen-bond acceptors (Lipinski definition) is 4. The first kappa shape index (κ1) is 16.2. The highest BCUT2D eigenvalue weighted by Gasteiger charge is 2.13. The Morgan fingerprint density at radius 2 is 1.57 bits per heavy atom. The van der Waals surface area contributed by atoms with E-state index in [4.69, 9.17) is 0 Å². The lowest BCUT2D eigenvalue weighted by Crippen LogP contribution is -2.12. The van der Waals surface area contributed by atoms with Gasteiger partial charge in [-0.25, -0.2) is 0 Å². The van der Waals surface area contributed by atoms with Gasteiger partial charge >= 0.3 is 0 Å². The highest BCUT2D eigenvalue weighted by Crippen LogP contribution is 2.28. The van der Waals surface area contributed by atoms with E-state index in [2.05, 4.69) is 5.32 Å². The number of anilines is 1. The van der Waals surface area contributed by atoms with Crippen molar-refractivity contribution in [3.63, 3.8) is 0 Å². The maximum Gasteiger partial charge on any atom is 0.259 e. The minimum absolute atomic E-state index is 0. The minimum Gasteiger partial charge on any atom is -0.508 e. The van der Waals surface area contributed by atoms with Crippen molar-refractivity contribution >= 4 is 22.4 Å². The first-order valence-corrected chi connectivity index (χ1v) is 6.59. The summed E-state index contributed by atoms with van der Waals surface area (Å²) in [6.07, 6.45) is 0. The molecule has 0 spiro atoms. The van der Waals surface area contributed by atoms with Gasteiger partial charge in [-0.3, -0.25) is 4.79 Å². The van der Waals surface area contributed by atoms with E-state index in [0.29, 0.717) is 11.1 Å². The molecule has 0 saturated heterocycles. The number of carbonyl (C=O) groups is 1. The van der Waals surface area contributed by atoms with Crippen LogP contribution in [0.4, 0.5) is 5.69 Å². The van der Waals surface area contributed by atoms with Crippen LogP contribution in [0.5, 0.6) is 17.2 Å². The number of phenolic OH excluding ortho intramolecular Hbond substituents is 3. The molecule has 5 heteroatoms. The Labute approximate surface area is 133 Å². The van der Waals surface area contributed by atoms with Crippen LogP contribution in [0.1, 0.15) is 17.8 Å². The van der Waals surface area contributed by atoms with Crippen LogP contribution in [0.25, 0.3) is 10.8 Å². The van der Waals surface area contributed by atoms with E-state index >= 15 is 0 Å². The van der Waals surface area contributed by atoms with Crippen molar-refractivity contribution in [2.24, 2.45) is 0 Å². The zero-order chi connectivity index (χ0) is 15.7. The summed E-state index contributed by atoms with van der Waals surface area (Å²) in [6.45, 7) is 0. The van der Waals surface area contributed by atoms with Gasteiger partial charge in [0.25, 0.3) is 5.91 Å². The van der Waals surface area contributed by atoms with Gasteiger partial charge in [-0.1, -0.05) is 19.6 Å². The van der Waals surface area contributed by atoms with Crippen LogP contribution >= 0.6 is 0 Å². The lowest BCUT2D eigenvalue weighted by Gasteiger charge is -2.09. The van der Waals surface area contributed by atoms with E-state index in [1.165, 1.54) is 30.3 Å². The minimum atomic E-state index is -0.488. The second kappa shape index (κ2) is 6.27. The van der Waals surface area contributed by atoms with Gasteiger partial charge < -0.3 is 20.6 Å². The molecule has 23 heavy (non-hydrogen) atoms. The van der Waals surface area contributed by atoms with Gasteiger partial charge in [0.05, 0.1) is 5.56 Å². The lowest BCUT2D eigenvalue weighted by molar-refractivity contribution is 0.102. The molecular weight excluding hydrogens is 294 g/mol. The number of carbonyl (C=O) groups excluding carboxylic acids is 1. The largest absolute Gasteiger partial charge is 0.508 e. The number of phenols is 3. The van der Waals surface area contributed by atoms with Crippen molar-refractivity contribution in [1.82, 2.24) is 0 Å². The Morgan fingerprint density at radius 3 is 2.30 bits per heavy atom. The fraction of sp³-hybridized carbons (Fsp3) is 0.0556. The van der Waals surface area contributed by atoms with E-state index in [9.17, 15) is 20.1 Å². The first-order chi connectivity index (χ1) is 10.5. The molecular formula is C18H17NO4. The molecule has 3 aromatic rings. The summed E-state index contributed by atoms with van der Waals surface area (Å²) in [5, 5.41) is 32.8. The molecule has 0 atom stereocenters. The zero-order valence-electron chi connectivity index (χ0n) is 11.4. The highest BCUT2D eigenvalue weighted by atomic mass is 16.3. The van der Waals surface area contributed by atoms with Crippen molar-refractivity contribution in [1.29, 1.82) is 0 Å². The zero-order valence-corrected chi connectivity index (χ0v) is 11.4. The predicted octanol–water partition coefficient (Wildman–Crippen LogP) is 3.85. The third kappa shape index (κ3) is 3.35. The van der Waals surface area contributed by atoms with Crippen molar-refractivity contribution in [3.05, 3.63) is 60.2 Å². The third-order valence-electron chi connectivity index (χ3n) is 3.29. The normalized spacial score (nSPS) is 10.1. The molecule has 5 nitrogen and oxygen atoms in total. The van der Waals surface area contributed by atoms with Gasteiger partial charge in [-0.05, 0) is 47.2 Å². The molecule has 0 fully saturated rings. The molecule has 0 heterocycles. The second-order valence-electron chi connectivity index (χ2n) is 4.91. The molecule has 0 aliphatic heterocycles. The van der Waals surface area contributed by atoms with Gasteiger partial charge in [0.15, 0.2) is 0 Å². The van der Waals surface area contributed by atoms with Crippen molar-refractivity contribution in [3.8, 4) is 17.2 Å². The highest BCUT2D eigenvalue weighted by molar-refractivity contribution is 6.08. The van der Waals surface area contributed by atoms with Crippen molar-refractivity contribution < 1.29 is 20.1 Å². The van der Waals surface area contributed by atoms with E-state index in [-0.39, 0.29) is 30.2 Å². The van der Waals surface area contributed by atoms with Crippen LogP contribution in [-0.4, -0.2) is 21.2 Å². The summed E-state index contributed by atoms with van der Waals surface area (Å²) >= 11 is 0. The molecule has 0 aromatic heterocycles. The molecule has 118 valence electrons. The van der Waals surface area contributed by atoms with Gasteiger partial charge in [0, 0.05) is 11.8 Å². The van der Waals surface area contributed by atoms with Crippen LogP contribution in [0.3, 0.4) is 0 Å². The Bertz CT molecular complexity index is 874. The maximum atomic E-state index is 12.3. The average Bonchev–Trinajstić information content (AvgIpc) is 2.46. The number of amides is 1. The second-order valence-corrected chi connectivity index (χ2v) is 4.91. The SMILES string of the molecule is C.O=C(Nc1cccc(O)c1)c1cc2ccc(O)cc2cc1O. The van der Waals surface area contributed by atoms with E-state index < -0.39 is 5.91 Å². The lowest BCUT2D eigenvalue weighted by atomic mass is 10.0. The molecule has 4 N–H and O–H groups in total. The van der Waals surface area contributed by atoms with Crippen LogP contribution in [0.2, 0.25) is 0 Å². The standard InChI is InChI=1S/C17H13NO4.CH4/c19-13-3-1-2-12(9-13)18-17(22)15-7-10-4-5-14(20)6-11(10)8-16(15)21;/h1-9,19-21H,(H,18,22);1H4. The molecule has 0 bridgehead atoms. The van der Waals surface area contributed by atoms with E-state index in [1.807, 2.05) is 0 Å². The monoisotopic (exact) mass is 311 g/mol. The van der Waals surface area contributed by atoms with Crippen LogP contribution in [-0.2, 0) is 0 Å². The van der Waals surface area contributed by atoms with E-state index in [1.54, 1.807) is 24.3 Å². The van der Waals surface area contributed by atoms with Crippen LogP contribution < -0.4 is 5.32 Å². The molecule has 3 rings (SSSR count). The van der Waals surface area contributed by atoms with Gasteiger partial charge in [0.1, 0.15) is 17.2 Å². The third-order valence-corrected chi connectivity index (χ3v) is 3.29. The quantitative estimate of drug-likeness (QED) is 0.579. The van der Waals surface area contributed by atoms with Gasteiger partial charge in [-0.2, -0.15) is 0 Å². The van der Waals surface area contributed by atoms with Crippen LogP contribution in [0.15, 0.2) is 54.6 Å². The first-order valence-electron chi connectivity index (χ1n) is 6.59. The Balaban J connectivity index is 0.00000192. The van der Waals surface area contributed by atoms with Crippen LogP contribution in [0, 0.1) is 0 Å². The maximum absolute atomic E-state index is 12.3. The van der Waals surface area contributed by atoms with E-state index in [0.717, 1.165) is 5.39 Å². The summed E-state index contributed by atoms with van der Waals surface area (Å²) in [7, 11) is 0. The summed E-state index contributed by atoms with van der Waals surface area (Å²) in [5.41, 5.74) is 0.539. The van der Waals surface area contributed by atoms with Crippen molar-refractivity contribution in [2.75, 3.05) is 5.32 Å². The fourth-order valence-corrected chi connectivity index (χ4v) is 2.24. The Kier molecular flexibility index (Phi) is 4.41. The summed E-state index contributed by atoms with van der Waals surface area (Å²) < 4.78 is 0. The number of fused-ring (bicyclic) bond motifs is 1. The number of rotatable bonds is 2. The molecule has 0 saturated carbocycles. The molecule has 0 unspecified atom stereocenters. The smallest absolute Gasteiger partial charge is 0.259 e. The van der Waals surface area contributed by atoms with Gasteiger partial charge in [-0.15, -0.1) is 0 Å². The Hall–Kier alpha value is -3.21. The number of benzene rings is 3. The van der Waals surface area contributed by atoms with Crippen molar-refractivity contribution in [2.45, 2.75) is 7.43 Å². The molecule has 0 radical (unpaired) electrons. The molecule has 3 aromatic carbocycles. The number of aromatic hydroxyl groups is 3. The number of hydrogen-bond donors (Lipinski definition) is 4. The number of nitrogens with one attached hydrogen (secondary N) is 1. The Morgan fingerprint density at radius 1 is 0.826 bits per heavy atom. The molecule has 0 aliphatic rings. The summed E-state index contributed by atoms with van der Waals surface area (Å²) in [5.74, 6) is -0.548. The molecule has 0 aliphatic carbocycles. The van der Waals surface area contributed by atoms with Gasteiger partial charge in [0.2, 0.25) is 0 Å². The average molecular weight is 311 g/mol. The fourth-order valence-electron chi connectivity index (χ4n) is 2.24. The summed E-state index contributed by atoms with van der Waals surface area (Å²) in [6, 6.07) is 13.8.